The first-order chi connectivity index (χ1) is 8.78. The van der Waals surface area contributed by atoms with Gasteiger partial charge < -0.3 is 5.32 Å². The summed E-state index contributed by atoms with van der Waals surface area (Å²) in [6.07, 6.45) is 7.72. The van der Waals surface area contributed by atoms with E-state index in [9.17, 15) is 0 Å². The quantitative estimate of drug-likeness (QED) is 0.860. The summed E-state index contributed by atoms with van der Waals surface area (Å²) < 4.78 is 1.13. The Labute approximate surface area is 118 Å². The predicted molar refractivity (Wildman–Crippen MR) is 79.3 cm³/mol. The Morgan fingerprint density at radius 3 is 2.56 bits per heavy atom. The average molecular weight is 307 g/mol. The molecular weight excluding hydrogens is 288 g/mol. The summed E-state index contributed by atoms with van der Waals surface area (Å²) in [5, 5.41) is 3.63. The van der Waals surface area contributed by atoms with Gasteiger partial charge >= 0.3 is 0 Å². The Morgan fingerprint density at radius 2 is 1.94 bits per heavy atom. The molecule has 0 radical (unpaired) electrons. The number of benzene rings is 1. The summed E-state index contributed by atoms with van der Waals surface area (Å²) >= 11 is 3.45. The van der Waals surface area contributed by atoms with Crippen LogP contribution in [0.25, 0.3) is 0 Å². The second-order valence-electron chi connectivity index (χ2n) is 4.76. The van der Waals surface area contributed by atoms with E-state index in [-0.39, 0.29) is 0 Å². The van der Waals surface area contributed by atoms with Gasteiger partial charge in [-0.2, -0.15) is 0 Å². The maximum atomic E-state index is 5.33. The lowest BCUT2D eigenvalue weighted by atomic mass is 10.0. The van der Waals surface area contributed by atoms with E-state index < -0.39 is 0 Å². The molecule has 96 valence electrons. The number of likely N-dealkylation sites (tertiary alicyclic amines) is 1. The molecule has 2 nitrogen and oxygen atoms in total. The smallest absolute Gasteiger partial charge is 0.0598 e. The fourth-order valence-corrected chi connectivity index (χ4v) is 2.55. The second-order valence-corrected chi connectivity index (χ2v) is 5.68. The van der Waals surface area contributed by atoms with Crippen LogP contribution in [-0.2, 0) is 6.54 Å². The molecule has 0 saturated carbocycles. The Balaban J connectivity index is 1.72. The first-order valence-electron chi connectivity index (χ1n) is 6.41. The molecule has 3 heteroatoms. The third-order valence-electron chi connectivity index (χ3n) is 3.41. The van der Waals surface area contributed by atoms with Crippen molar-refractivity contribution in [3.8, 4) is 12.3 Å². The molecular formula is C15H19BrN2. The molecule has 2 rings (SSSR count). The zero-order valence-electron chi connectivity index (χ0n) is 10.5. The molecule has 0 unspecified atom stereocenters. The number of halogens is 1. The fourth-order valence-electron chi connectivity index (χ4n) is 2.29. The second kappa shape index (κ2) is 6.94. The minimum absolute atomic E-state index is 0.627. The monoisotopic (exact) mass is 306 g/mol. The van der Waals surface area contributed by atoms with E-state index in [4.69, 9.17) is 6.42 Å². The molecule has 0 atom stereocenters. The summed E-state index contributed by atoms with van der Waals surface area (Å²) in [5.74, 6) is 2.72. The van der Waals surface area contributed by atoms with Crippen molar-refractivity contribution in [2.24, 2.45) is 0 Å². The largest absolute Gasteiger partial charge is 0.310 e. The highest BCUT2D eigenvalue weighted by Crippen LogP contribution is 2.13. The molecule has 1 aromatic rings. The van der Waals surface area contributed by atoms with Crippen LogP contribution >= 0.6 is 15.9 Å². The van der Waals surface area contributed by atoms with Gasteiger partial charge in [-0.15, -0.1) is 6.42 Å². The van der Waals surface area contributed by atoms with Gasteiger partial charge in [0.2, 0.25) is 0 Å². The maximum absolute atomic E-state index is 5.33. The molecule has 1 N–H and O–H groups in total. The molecule has 18 heavy (non-hydrogen) atoms. The van der Waals surface area contributed by atoms with Crippen LogP contribution in [0, 0.1) is 12.3 Å². The van der Waals surface area contributed by atoms with Crippen molar-refractivity contribution in [3.63, 3.8) is 0 Å². The highest BCUT2D eigenvalue weighted by atomic mass is 79.9. The van der Waals surface area contributed by atoms with Gasteiger partial charge in [-0.05, 0) is 30.5 Å². The van der Waals surface area contributed by atoms with Gasteiger partial charge in [0, 0.05) is 30.1 Å². The third-order valence-corrected chi connectivity index (χ3v) is 3.94. The van der Waals surface area contributed by atoms with E-state index in [1.54, 1.807) is 0 Å². The molecule has 1 saturated heterocycles. The molecule has 0 aromatic heterocycles. The highest BCUT2D eigenvalue weighted by molar-refractivity contribution is 9.10. The summed E-state index contributed by atoms with van der Waals surface area (Å²) in [4.78, 5) is 2.35. The molecule has 1 heterocycles. The fraction of sp³-hybridized carbons (Fsp3) is 0.467. The number of piperidine rings is 1. The molecule has 0 aliphatic carbocycles. The van der Waals surface area contributed by atoms with E-state index in [0.29, 0.717) is 6.04 Å². The summed E-state index contributed by atoms with van der Waals surface area (Å²) in [5.41, 5.74) is 1.34. The molecule has 0 bridgehead atoms. The number of nitrogens with one attached hydrogen (secondary N) is 1. The van der Waals surface area contributed by atoms with Crippen molar-refractivity contribution in [1.82, 2.24) is 10.2 Å². The van der Waals surface area contributed by atoms with Crippen molar-refractivity contribution in [2.45, 2.75) is 25.4 Å². The van der Waals surface area contributed by atoms with E-state index >= 15 is 0 Å². The highest BCUT2D eigenvalue weighted by Gasteiger charge is 2.17. The van der Waals surface area contributed by atoms with Crippen LogP contribution in [0.5, 0.6) is 0 Å². The molecule has 1 fully saturated rings. The number of rotatable bonds is 4. The minimum Gasteiger partial charge on any atom is -0.310 e. The van der Waals surface area contributed by atoms with Crippen molar-refractivity contribution in [1.29, 1.82) is 0 Å². The van der Waals surface area contributed by atoms with E-state index in [2.05, 4.69) is 56.3 Å². The van der Waals surface area contributed by atoms with Gasteiger partial charge in [0.05, 0.1) is 6.54 Å². The summed E-state index contributed by atoms with van der Waals surface area (Å²) in [6.45, 7) is 3.97. The van der Waals surface area contributed by atoms with E-state index in [1.165, 1.54) is 18.4 Å². The molecule has 0 amide bonds. The van der Waals surface area contributed by atoms with Crippen LogP contribution in [0.2, 0.25) is 0 Å². The minimum atomic E-state index is 0.627. The first-order valence-corrected chi connectivity index (χ1v) is 7.21. The van der Waals surface area contributed by atoms with Gasteiger partial charge in [-0.25, -0.2) is 0 Å². The Bertz CT molecular complexity index is 399. The van der Waals surface area contributed by atoms with Crippen molar-refractivity contribution in [3.05, 3.63) is 34.3 Å². The lowest BCUT2D eigenvalue weighted by Crippen LogP contribution is -2.42. The molecule has 1 aliphatic rings. The zero-order chi connectivity index (χ0) is 12.8. The maximum Gasteiger partial charge on any atom is 0.0598 e. The standard InChI is InChI=1S/C15H19BrN2/c1-2-9-18-10-7-15(8-11-18)17-12-13-3-5-14(16)6-4-13/h1,3-6,15,17H,7-12H2. The van der Waals surface area contributed by atoms with Gasteiger partial charge in [0.15, 0.2) is 0 Å². The predicted octanol–water partition coefficient (Wildman–Crippen LogP) is 2.64. The Kier molecular flexibility index (Phi) is 5.25. The Hall–Kier alpha value is -0.820. The molecule has 1 aliphatic heterocycles. The van der Waals surface area contributed by atoms with Crippen LogP contribution in [0.15, 0.2) is 28.7 Å². The van der Waals surface area contributed by atoms with Crippen molar-refractivity contribution in [2.75, 3.05) is 19.6 Å². The van der Waals surface area contributed by atoms with Gasteiger partial charge in [0.25, 0.3) is 0 Å². The summed E-state index contributed by atoms with van der Waals surface area (Å²) in [6, 6.07) is 9.12. The first kappa shape index (κ1) is 13.6. The SMILES string of the molecule is C#CCN1CCC(NCc2ccc(Br)cc2)CC1. The number of hydrogen-bond donors (Lipinski definition) is 1. The Morgan fingerprint density at radius 1 is 1.28 bits per heavy atom. The molecule has 1 aromatic carbocycles. The van der Waals surface area contributed by atoms with Crippen molar-refractivity contribution >= 4 is 15.9 Å². The average Bonchev–Trinajstić information content (AvgIpc) is 2.40. The van der Waals surface area contributed by atoms with Crippen LogP contribution in [0.4, 0.5) is 0 Å². The number of nitrogens with zero attached hydrogens (tertiary/aromatic N) is 1. The van der Waals surface area contributed by atoms with Crippen molar-refractivity contribution < 1.29 is 0 Å². The lowest BCUT2D eigenvalue weighted by Gasteiger charge is -2.31. The van der Waals surface area contributed by atoms with Crippen LogP contribution in [0.1, 0.15) is 18.4 Å². The summed E-state index contributed by atoms with van der Waals surface area (Å²) in [7, 11) is 0. The zero-order valence-corrected chi connectivity index (χ0v) is 12.1. The topological polar surface area (TPSA) is 15.3 Å². The third kappa shape index (κ3) is 4.13. The van der Waals surface area contributed by atoms with Gasteiger partial charge in [0.1, 0.15) is 0 Å². The van der Waals surface area contributed by atoms with Gasteiger partial charge in [-0.3, -0.25) is 4.90 Å². The van der Waals surface area contributed by atoms with Crippen LogP contribution in [0.3, 0.4) is 0 Å². The normalized spacial score (nSPS) is 17.6. The number of terminal acetylenes is 1. The van der Waals surface area contributed by atoms with Crippen LogP contribution < -0.4 is 5.32 Å². The van der Waals surface area contributed by atoms with Gasteiger partial charge in [-0.1, -0.05) is 34.0 Å². The van der Waals surface area contributed by atoms with Crippen LogP contribution in [-0.4, -0.2) is 30.6 Å². The molecule has 0 spiro atoms. The number of hydrogen-bond acceptors (Lipinski definition) is 2. The van der Waals surface area contributed by atoms with E-state index in [0.717, 1.165) is 30.7 Å². The van der Waals surface area contributed by atoms with E-state index in [1.807, 2.05) is 0 Å². The lowest BCUT2D eigenvalue weighted by molar-refractivity contribution is 0.217.